The van der Waals surface area contributed by atoms with Crippen LogP contribution in [0.5, 0.6) is 0 Å². The molecule has 11 heavy (non-hydrogen) atoms. The van der Waals surface area contributed by atoms with Gasteiger partial charge >= 0.3 is 6.09 Å². The average Bonchev–Trinajstić information content (AvgIpc) is 2.31. The summed E-state index contributed by atoms with van der Waals surface area (Å²) in [4.78, 5) is 11.4. The van der Waals surface area contributed by atoms with Gasteiger partial charge in [-0.05, 0) is 6.54 Å². The maximum atomic E-state index is 12.8. The van der Waals surface area contributed by atoms with Crippen LogP contribution in [0.25, 0.3) is 0 Å². The largest absolute Gasteiger partial charge is 0.465 e. The Morgan fingerprint density at radius 2 is 2.36 bits per heavy atom. The molecule has 0 aromatic heterocycles. The van der Waals surface area contributed by atoms with Gasteiger partial charge in [0.05, 0.1) is 6.54 Å². The molecule has 0 aromatic rings. The predicted octanol–water partition coefficient (Wildman–Crippen LogP) is -0.107. The fourth-order valence-corrected chi connectivity index (χ4v) is 1.21. The number of nitrogens with two attached hydrogens (primary N) is 1. The van der Waals surface area contributed by atoms with Crippen LogP contribution in [-0.4, -0.2) is 41.9 Å². The molecule has 0 radical (unpaired) electrons. The van der Waals surface area contributed by atoms with Crippen LogP contribution in [-0.2, 0) is 0 Å². The lowest BCUT2D eigenvalue weighted by atomic mass is 10.1. The third-order valence-corrected chi connectivity index (χ3v) is 1.93. The van der Waals surface area contributed by atoms with E-state index in [0.29, 0.717) is 0 Å². The molecule has 5 heteroatoms. The molecule has 1 amide bonds. The molecule has 1 fully saturated rings. The minimum atomic E-state index is -1.09. The minimum Gasteiger partial charge on any atom is -0.465 e. The van der Waals surface area contributed by atoms with Gasteiger partial charge in [0.25, 0.3) is 0 Å². The molecular formula is C6H11FN2O2. The summed E-state index contributed by atoms with van der Waals surface area (Å²) in [5.41, 5.74) is 5.23. The fourth-order valence-electron chi connectivity index (χ4n) is 1.21. The Bertz CT molecular complexity index is 165. The molecular weight excluding hydrogens is 151 g/mol. The summed E-state index contributed by atoms with van der Waals surface area (Å²) in [5, 5.41) is 8.46. The molecule has 1 rings (SSSR count). The molecule has 2 unspecified atom stereocenters. The third-order valence-electron chi connectivity index (χ3n) is 1.93. The van der Waals surface area contributed by atoms with Gasteiger partial charge in [0, 0.05) is 12.5 Å². The summed E-state index contributed by atoms with van der Waals surface area (Å²) in [6.45, 7) is 0.412. The summed E-state index contributed by atoms with van der Waals surface area (Å²) >= 11 is 0. The van der Waals surface area contributed by atoms with Crippen LogP contribution in [0.3, 0.4) is 0 Å². The third kappa shape index (κ3) is 1.59. The zero-order chi connectivity index (χ0) is 8.43. The van der Waals surface area contributed by atoms with E-state index >= 15 is 0 Å². The molecule has 0 spiro atoms. The van der Waals surface area contributed by atoms with E-state index in [4.69, 9.17) is 10.8 Å². The predicted molar refractivity (Wildman–Crippen MR) is 37.0 cm³/mol. The Morgan fingerprint density at radius 3 is 2.64 bits per heavy atom. The molecule has 1 saturated heterocycles. The molecule has 0 aromatic carbocycles. The van der Waals surface area contributed by atoms with E-state index in [0.717, 1.165) is 4.90 Å². The van der Waals surface area contributed by atoms with Crippen molar-refractivity contribution in [3.05, 3.63) is 0 Å². The van der Waals surface area contributed by atoms with Crippen molar-refractivity contribution < 1.29 is 14.3 Å². The molecule has 1 aliphatic heterocycles. The zero-order valence-electron chi connectivity index (χ0n) is 6.03. The first-order valence-corrected chi connectivity index (χ1v) is 3.47. The van der Waals surface area contributed by atoms with Gasteiger partial charge in [0.15, 0.2) is 0 Å². The molecule has 1 aliphatic rings. The van der Waals surface area contributed by atoms with Gasteiger partial charge in [-0.25, -0.2) is 9.18 Å². The van der Waals surface area contributed by atoms with Crippen molar-refractivity contribution in [1.29, 1.82) is 0 Å². The molecule has 0 saturated carbocycles. The summed E-state index contributed by atoms with van der Waals surface area (Å²) in [5.74, 6) is -0.314. The molecule has 64 valence electrons. The number of alkyl halides is 1. The summed E-state index contributed by atoms with van der Waals surface area (Å²) in [6, 6.07) is 0. The number of hydrogen-bond acceptors (Lipinski definition) is 2. The Balaban J connectivity index is 2.49. The highest BCUT2D eigenvalue weighted by Crippen LogP contribution is 2.18. The second kappa shape index (κ2) is 3.04. The smallest absolute Gasteiger partial charge is 0.407 e. The van der Waals surface area contributed by atoms with Gasteiger partial charge in [-0.2, -0.15) is 0 Å². The van der Waals surface area contributed by atoms with Gasteiger partial charge < -0.3 is 15.7 Å². The molecule has 2 atom stereocenters. The number of halogens is 1. The van der Waals surface area contributed by atoms with Crippen LogP contribution in [0.15, 0.2) is 0 Å². The van der Waals surface area contributed by atoms with Gasteiger partial charge in [0.1, 0.15) is 6.17 Å². The number of amides is 1. The highest BCUT2D eigenvalue weighted by molar-refractivity contribution is 5.65. The standard InChI is InChI=1S/C6H11FN2O2/c7-5-3-9(6(10)11)2-4(5)1-8/h4-5H,1-3,8H2,(H,10,11). The molecule has 3 N–H and O–H groups in total. The Kier molecular flexibility index (Phi) is 2.28. The zero-order valence-corrected chi connectivity index (χ0v) is 6.03. The van der Waals surface area contributed by atoms with E-state index in [1.54, 1.807) is 0 Å². The highest BCUT2D eigenvalue weighted by atomic mass is 19.1. The van der Waals surface area contributed by atoms with E-state index in [9.17, 15) is 9.18 Å². The monoisotopic (exact) mass is 162 g/mol. The SMILES string of the molecule is NCC1CN(C(=O)O)CC1F. The lowest BCUT2D eigenvalue weighted by molar-refractivity contribution is 0.152. The topological polar surface area (TPSA) is 66.6 Å². The lowest BCUT2D eigenvalue weighted by Gasteiger charge is -2.09. The highest BCUT2D eigenvalue weighted by Gasteiger charge is 2.34. The average molecular weight is 162 g/mol. The number of nitrogens with zero attached hydrogens (tertiary/aromatic N) is 1. The number of carboxylic acid groups (broad SMARTS) is 1. The van der Waals surface area contributed by atoms with E-state index in [-0.39, 0.29) is 25.6 Å². The van der Waals surface area contributed by atoms with Gasteiger partial charge in [-0.15, -0.1) is 0 Å². The van der Waals surface area contributed by atoms with E-state index in [1.807, 2.05) is 0 Å². The number of hydrogen-bond donors (Lipinski definition) is 2. The van der Waals surface area contributed by atoms with Crippen molar-refractivity contribution in [1.82, 2.24) is 4.90 Å². The maximum absolute atomic E-state index is 12.8. The summed E-state index contributed by atoms with van der Waals surface area (Å²) in [6.07, 6.45) is -2.15. The minimum absolute atomic E-state index is 0.0306. The second-order valence-corrected chi connectivity index (χ2v) is 2.70. The van der Waals surface area contributed by atoms with Crippen molar-refractivity contribution in [3.8, 4) is 0 Å². The maximum Gasteiger partial charge on any atom is 0.407 e. The van der Waals surface area contributed by atoms with Gasteiger partial charge in [0.2, 0.25) is 0 Å². The van der Waals surface area contributed by atoms with Gasteiger partial charge in [-0.3, -0.25) is 0 Å². The summed E-state index contributed by atoms with van der Waals surface area (Å²) in [7, 11) is 0. The summed E-state index contributed by atoms with van der Waals surface area (Å²) < 4.78 is 12.8. The number of carbonyl (C=O) groups is 1. The van der Waals surface area contributed by atoms with Crippen LogP contribution in [0.4, 0.5) is 9.18 Å². The lowest BCUT2D eigenvalue weighted by Crippen LogP contribution is -2.27. The first kappa shape index (κ1) is 8.26. The fraction of sp³-hybridized carbons (Fsp3) is 0.833. The van der Waals surface area contributed by atoms with Crippen LogP contribution in [0, 0.1) is 5.92 Å². The molecule has 0 bridgehead atoms. The van der Waals surface area contributed by atoms with Crippen LogP contribution in [0.2, 0.25) is 0 Å². The van der Waals surface area contributed by atoms with Crippen molar-refractivity contribution in [2.75, 3.05) is 19.6 Å². The Labute approximate surface area is 63.8 Å². The Hall–Kier alpha value is -0.840. The Morgan fingerprint density at radius 1 is 1.73 bits per heavy atom. The number of rotatable bonds is 1. The van der Waals surface area contributed by atoms with Crippen LogP contribution >= 0.6 is 0 Å². The normalized spacial score (nSPS) is 30.9. The molecule has 0 aliphatic carbocycles. The van der Waals surface area contributed by atoms with Crippen LogP contribution in [0.1, 0.15) is 0 Å². The van der Waals surface area contributed by atoms with Crippen molar-refractivity contribution in [2.24, 2.45) is 11.7 Å². The number of likely N-dealkylation sites (tertiary alicyclic amines) is 1. The van der Waals surface area contributed by atoms with Gasteiger partial charge in [-0.1, -0.05) is 0 Å². The van der Waals surface area contributed by atoms with Crippen molar-refractivity contribution in [2.45, 2.75) is 6.17 Å². The molecule has 4 nitrogen and oxygen atoms in total. The quantitative estimate of drug-likeness (QED) is 0.565. The second-order valence-electron chi connectivity index (χ2n) is 2.70. The van der Waals surface area contributed by atoms with E-state index < -0.39 is 12.3 Å². The van der Waals surface area contributed by atoms with E-state index in [1.165, 1.54) is 0 Å². The molecule has 1 heterocycles. The van der Waals surface area contributed by atoms with Crippen molar-refractivity contribution in [3.63, 3.8) is 0 Å². The first-order chi connectivity index (χ1) is 5.15. The van der Waals surface area contributed by atoms with Crippen LogP contribution < -0.4 is 5.73 Å². The van der Waals surface area contributed by atoms with E-state index in [2.05, 4.69) is 0 Å². The first-order valence-electron chi connectivity index (χ1n) is 3.47. The van der Waals surface area contributed by atoms with Crippen molar-refractivity contribution >= 4 is 6.09 Å².